The highest BCUT2D eigenvalue weighted by Crippen LogP contribution is 2.31. The summed E-state index contributed by atoms with van der Waals surface area (Å²) in [4.78, 5) is 26.0. The summed E-state index contributed by atoms with van der Waals surface area (Å²) in [6.45, 7) is 0.338. The van der Waals surface area contributed by atoms with E-state index >= 15 is 0 Å². The number of benzene rings is 2. The Morgan fingerprint density at radius 2 is 1.90 bits per heavy atom. The van der Waals surface area contributed by atoms with Crippen LogP contribution in [0, 0.1) is 5.82 Å². The Morgan fingerprint density at radius 1 is 1.17 bits per heavy atom. The average molecular weight is 415 g/mol. The van der Waals surface area contributed by atoms with Crippen molar-refractivity contribution in [2.75, 3.05) is 16.8 Å². The monoisotopic (exact) mass is 414 g/mol. The zero-order valence-corrected chi connectivity index (χ0v) is 15.9. The van der Waals surface area contributed by atoms with E-state index < -0.39 is 0 Å². The molecule has 1 atom stereocenters. The van der Waals surface area contributed by atoms with Crippen LogP contribution < -0.4 is 10.2 Å². The van der Waals surface area contributed by atoms with Crippen LogP contribution in [0.25, 0.3) is 0 Å². The summed E-state index contributed by atoms with van der Waals surface area (Å²) in [5, 5.41) is 11.0. The van der Waals surface area contributed by atoms with Gasteiger partial charge in [0.15, 0.2) is 0 Å². The quantitative estimate of drug-likeness (QED) is 0.689. The molecule has 0 bridgehead atoms. The minimum Gasteiger partial charge on any atom is -0.407 e. The van der Waals surface area contributed by atoms with Gasteiger partial charge < -0.3 is 9.32 Å². The van der Waals surface area contributed by atoms with E-state index in [1.54, 1.807) is 41.3 Å². The maximum absolute atomic E-state index is 13.1. The molecule has 1 saturated heterocycles. The highest BCUT2D eigenvalue weighted by Gasteiger charge is 2.35. The molecule has 148 valence electrons. The first-order valence-corrected chi connectivity index (χ1v) is 9.29. The smallest absolute Gasteiger partial charge is 0.322 e. The maximum Gasteiger partial charge on any atom is 0.322 e. The Balaban J connectivity index is 1.38. The van der Waals surface area contributed by atoms with Crippen LogP contribution in [-0.4, -0.2) is 28.6 Å². The number of hydrogen-bond acceptors (Lipinski definition) is 5. The fourth-order valence-corrected chi connectivity index (χ4v) is 3.27. The van der Waals surface area contributed by atoms with Gasteiger partial charge in [-0.15, -0.1) is 5.10 Å². The Hall–Kier alpha value is -3.26. The van der Waals surface area contributed by atoms with Gasteiger partial charge in [-0.1, -0.05) is 28.8 Å². The molecule has 0 unspecified atom stereocenters. The average Bonchev–Trinajstić information content (AvgIpc) is 3.31. The fraction of sp³-hybridized carbons (Fsp3) is 0.200. The van der Waals surface area contributed by atoms with Gasteiger partial charge in [0.05, 0.1) is 12.3 Å². The van der Waals surface area contributed by atoms with Gasteiger partial charge in [0.25, 0.3) is 0 Å². The van der Waals surface area contributed by atoms with E-state index in [-0.39, 0.29) is 48.3 Å². The fourth-order valence-electron chi connectivity index (χ4n) is 3.14. The highest BCUT2D eigenvalue weighted by molar-refractivity contribution is 6.30. The summed E-state index contributed by atoms with van der Waals surface area (Å²) in [5.74, 6) is -0.828. The number of hydrogen-bond donors (Lipinski definition) is 1. The summed E-state index contributed by atoms with van der Waals surface area (Å²) in [5.41, 5.74) is 1.40. The van der Waals surface area contributed by atoms with Crippen molar-refractivity contribution in [1.29, 1.82) is 0 Å². The van der Waals surface area contributed by atoms with Gasteiger partial charge in [0.1, 0.15) is 5.82 Å². The lowest BCUT2D eigenvalue weighted by molar-refractivity contribution is -0.117. The van der Waals surface area contributed by atoms with Crippen LogP contribution in [0.5, 0.6) is 0 Å². The van der Waals surface area contributed by atoms with Crippen LogP contribution in [0.15, 0.2) is 52.9 Å². The van der Waals surface area contributed by atoms with Crippen molar-refractivity contribution >= 4 is 35.1 Å². The maximum atomic E-state index is 13.1. The summed E-state index contributed by atoms with van der Waals surface area (Å²) in [6, 6.07) is 12.6. The molecule has 0 spiro atoms. The molecule has 7 nitrogen and oxygen atoms in total. The van der Waals surface area contributed by atoms with Crippen molar-refractivity contribution in [1.82, 2.24) is 10.2 Å². The van der Waals surface area contributed by atoms with Crippen molar-refractivity contribution in [3.63, 3.8) is 0 Å². The van der Waals surface area contributed by atoms with Crippen molar-refractivity contribution in [2.45, 2.75) is 18.8 Å². The molecule has 1 aliphatic heterocycles. The number of carbonyl (C=O) groups excluding carboxylic acids is 2. The number of carbonyl (C=O) groups is 2. The third-order valence-corrected chi connectivity index (χ3v) is 4.83. The molecule has 1 aliphatic rings. The lowest BCUT2D eigenvalue weighted by atomic mass is 10.1. The number of nitrogens with one attached hydrogen (secondary N) is 1. The lowest BCUT2D eigenvalue weighted by Gasteiger charge is -2.15. The van der Waals surface area contributed by atoms with Crippen LogP contribution in [0.3, 0.4) is 0 Å². The van der Waals surface area contributed by atoms with E-state index in [4.69, 9.17) is 16.0 Å². The molecule has 0 aliphatic carbocycles. The van der Waals surface area contributed by atoms with Crippen molar-refractivity contribution < 1.29 is 18.4 Å². The van der Waals surface area contributed by atoms with Crippen molar-refractivity contribution in [2.24, 2.45) is 0 Å². The van der Waals surface area contributed by atoms with E-state index in [0.717, 1.165) is 5.56 Å². The second kappa shape index (κ2) is 8.00. The molecular weight excluding hydrogens is 399 g/mol. The van der Waals surface area contributed by atoms with E-state index in [0.29, 0.717) is 17.3 Å². The molecule has 2 aromatic carbocycles. The minimum atomic E-state index is -0.368. The summed E-state index contributed by atoms with van der Waals surface area (Å²) >= 11 is 5.83. The Bertz CT molecular complexity index is 1040. The van der Waals surface area contributed by atoms with Crippen molar-refractivity contribution in [3.05, 3.63) is 70.8 Å². The zero-order valence-electron chi connectivity index (χ0n) is 15.1. The topological polar surface area (TPSA) is 88.3 Å². The van der Waals surface area contributed by atoms with Crippen LogP contribution in [0.4, 0.5) is 16.1 Å². The molecule has 2 amide bonds. The first-order chi connectivity index (χ1) is 14.0. The normalized spacial score (nSPS) is 16.3. The standard InChI is InChI=1S/C20H16ClFN4O3/c21-14-3-1-12(2-4-14)9-17(27)23-20-25-24-19(29-20)13-10-18(28)26(11-13)16-7-5-15(22)6-8-16/h1-8,13H,9-11H2,(H,23,25,27)/t13-/m0/s1. The molecule has 0 saturated carbocycles. The minimum absolute atomic E-state index is 0.0216. The zero-order chi connectivity index (χ0) is 20.4. The number of anilines is 2. The molecule has 4 rings (SSSR count). The van der Waals surface area contributed by atoms with E-state index in [9.17, 15) is 14.0 Å². The van der Waals surface area contributed by atoms with Crippen LogP contribution >= 0.6 is 11.6 Å². The number of aromatic nitrogens is 2. The van der Waals surface area contributed by atoms with Gasteiger partial charge in [0.2, 0.25) is 17.7 Å². The van der Waals surface area contributed by atoms with Gasteiger partial charge in [-0.2, -0.15) is 0 Å². The molecule has 1 fully saturated rings. The number of rotatable bonds is 5. The summed E-state index contributed by atoms with van der Waals surface area (Å²) < 4.78 is 18.6. The molecule has 3 aromatic rings. The number of halogens is 2. The van der Waals surface area contributed by atoms with Gasteiger partial charge in [-0.3, -0.25) is 14.9 Å². The summed E-state index contributed by atoms with van der Waals surface area (Å²) in [7, 11) is 0. The predicted molar refractivity (Wildman–Crippen MR) is 104 cm³/mol. The van der Waals surface area contributed by atoms with Gasteiger partial charge in [0, 0.05) is 23.7 Å². The van der Waals surface area contributed by atoms with E-state index in [1.165, 1.54) is 12.1 Å². The Morgan fingerprint density at radius 3 is 2.62 bits per heavy atom. The van der Waals surface area contributed by atoms with Crippen LogP contribution in [-0.2, 0) is 16.0 Å². The first-order valence-electron chi connectivity index (χ1n) is 8.91. The molecule has 1 aromatic heterocycles. The van der Waals surface area contributed by atoms with Gasteiger partial charge in [-0.25, -0.2) is 4.39 Å². The number of amides is 2. The Kier molecular flexibility index (Phi) is 5.26. The predicted octanol–water partition coefficient (Wildman–Crippen LogP) is 3.56. The van der Waals surface area contributed by atoms with Gasteiger partial charge >= 0.3 is 6.01 Å². The Labute approximate surface area is 170 Å². The highest BCUT2D eigenvalue weighted by atomic mass is 35.5. The third-order valence-electron chi connectivity index (χ3n) is 4.58. The van der Waals surface area contributed by atoms with Crippen LogP contribution in [0.1, 0.15) is 23.8 Å². The number of nitrogens with zero attached hydrogens (tertiary/aromatic N) is 3. The SMILES string of the molecule is O=C(Cc1ccc(Cl)cc1)Nc1nnc([C@H]2CC(=O)N(c3ccc(F)cc3)C2)o1. The van der Waals surface area contributed by atoms with Gasteiger partial charge in [-0.05, 0) is 42.0 Å². The molecule has 2 heterocycles. The third kappa shape index (κ3) is 4.43. The first kappa shape index (κ1) is 19.1. The molecular formula is C20H16ClFN4O3. The second-order valence-corrected chi connectivity index (χ2v) is 7.12. The van der Waals surface area contributed by atoms with E-state index in [2.05, 4.69) is 15.5 Å². The molecule has 29 heavy (non-hydrogen) atoms. The van der Waals surface area contributed by atoms with Crippen molar-refractivity contribution in [3.8, 4) is 0 Å². The molecule has 9 heteroatoms. The summed E-state index contributed by atoms with van der Waals surface area (Å²) in [6.07, 6.45) is 0.326. The van der Waals surface area contributed by atoms with E-state index in [1.807, 2.05) is 0 Å². The lowest BCUT2D eigenvalue weighted by Crippen LogP contribution is -2.24. The second-order valence-electron chi connectivity index (χ2n) is 6.68. The molecule has 1 N–H and O–H groups in total. The molecule has 0 radical (unpaired) electrons. The van der Waals surface area contributed by atoms with Crippen LogP contribution in [0.2, 0.25) is 5.02 Å². The largest absolute Gasteiger partial charge is 0.407 e.